The van der Waals surface area contributed by atoms with Crippen LogP contribution in [0.3, 0.4) is 0 Å². The molecule has 0 atom stereocenters. The van der Waals surface area contributed by atoms with Gasteiger partial charge in [-0.2, -0.15) is 5.26 Å². The van der Waals surface area contributed by atoms with Gasteiger partial charge >= 0.3 is 0 Å². The minimum Gasteiger partial charge on any atom is -0.384 e. The number of fused-ring (bicyclic) bond motifs is 1. The number of H-pyrrole nitrogens is 1. The summed E-state index contributed by atoms with van der Waals surface area (Å²) < 4.78 is 0. The van der Waals surface area contributed by atoms with Crippen molar-refractivity contribution in [2.75, 3.05) is 11.9 Å². The fourth-order valence-electron chi connectivity index (χ4n) is 2.07. The highest BCUT2D eigenvalue weighted by Crippen LogP contribution is 2.30. The third-order valence-corrected chi connectivity index (χ3v) is 2.83. The first-order chi connectivity index (χ1) is 7.69. The molecule has 3 nitrogen and oxygen atoms in total. The maximum absolute atomic E-state index is 9.16. The molecule has 0 saturated carbocycles. The first kappa shape index (κ1) is 10.6. The largest absolute Gasteiger partial charge is 0.384 e. The van der Waals surface area contributed by atoms with Gasteiger partial charge in [-0.25, -0.2) is 0 Å². The van der Waals surface area contributed by atoms with Crippen LogP contribution in [0.2, 0.25) is 0 Å². The van der Waals surface area contributed by atoms with Gasteiger partial charge in [-0.15, -0.1) is 0 Å². The molecule has 1 aromatic carbocycles. The number of aromatic amines is 1. The molecule has 2 rings (SSSR count). The zero-order valence-corrected chi connectivity index (χ0v) is 9.81. The summed E-state index contributed by atoms with van der Waals surface area (Å²) in [5, 5.41) is 13.5. The van der Waals surface area contributed by atoms with Crippen LogP contribution >= 0.6 is 0 Å². The summed E-state index contributed by atoms with van der Waals surface area (Å²) in [4.78, 5) is 3.29. The van der Waals surface area contributed by atoms with Crippen LogP contribution in [-0.4, -0.2) is 11.5 Å². The maximum atomic E-state index is 9.16. The van der Waals surface area contributed by atoms with Crippen molar-refractivity contribution in [1.29, 1.82) is 5.26 Å². The second kappa shape index (κ2) is 3.90. The maximum Gasteiger partial charge on any atom is 0.102 e. The molecule has 0 radical (unpaired) electrons. The lowest BCUT2D eigenvalue weighted by Gasteiger charge is -2.06. The minimum absolute atomic E-state index is 0.757. The van der Waals surface area contributed by atoms with Gasteiger partial charge < -0.3 is 10.3 Å². The molecule has 16 heavy (non-hydrogen) atoms. The molecule has 1 aromatic heterocycles. The third-order valence-electron chi connectivity index (χ3n) is 2.83. The Kier molecular flexibility index (Phi) is 2.57. The summed E-state index contributed by atoms with van der Waals surface area (Å²) in [5.41, 5.74) is 4.93. The summed E-state index contributed by atoms with van der Waals surface area (Å²) in [6, 6.07) is 6.37. The number of aromatic nitrogens is 1. The van der Waals surface area contributed by atoms with E-state index in [4.69, 9.17) is 5.26 Å². The Labute approximate surface area is 95.1 Å². The standard InChI is InChI=1S/C13H15N3/c1-4-15-11-6-5-8(2)12-10(7-14)9(3)16-13(11)12/h5-6,15-16H,4H2,1-3H3. The Morgan fingerprint density at radius 3 is 2.75 bits per heavy atom. The first-order valence-corrected chi connectivity index (χ1v) is 5.44. The van der Waals surface area contributed by atoms with Crippen LogP contribution in [0.25, 0.3) is 10.9 Å². The molecule has 2 aromatic rings. The van der Waals surface area contributed by atoms with Crippen LogP contribution in [0.15, 0.2) is 12.1 Å². The molecule has 0 unspecified atom stereocenters. The highest BCUT2D eigenvalue weighted by Gasteiger charge is 2.12. The fraction of sp³-hybridized carbons (Fsp3) is 0.308. The van der Waals surface area contributed by atoms with Crippen molar-refractivity contribution in [3.63, 3.8) is 0 Å². The lowest BCUT2D eigenvalue weighted by molar-refractivity contribution is 1.21. The van der Waals surface area contributed by atoms with Gasteiger partial charge in [0, 0.05) is 17.6 Å². The van der Waals surface area contributed by atoms with Crippen molar-refractivity contribution in [3.8, 4) is 6.07 Å². The lowest BCUT2D eigenvalue weighted by atomic mass is 10.1. The molecule has 0 fully saturated rings. The Bertz CT molecular complexity index is 573. The van der Waals surface area contributed by atoms with E-state index in [1.54, 1.807) is 0 Å². The van der Waals surface area contributed by atoms with Crippen molar-refractivity contribution in [1.82, 2.24) is 4.98 Å². The topological polar surface area (TPSA) is 51.6 Å². The SMILES string of the molecule is CCNc1ccc(C)c2c(C#N)c(C)[nH]c12. The highest BCUT2D eigenvalue weighted by molar-refractivity contribution is 5.98. The molecule has 1 heterocycles. The van der Waals surface area contributed by atoms with E-state index >= 15 is 0 Å². The molecule has 0 saturated heterocycles. The molecule has 0 aliphatic carbocycles. The van der Waals surface area contributed by atoms with E-state index in [1.807, 2.05) is 13.8 Å². The molecule has 0 aliphatic rings. The summed E-state index contributed by atoms with van der Waals surface area (Å²) in [7, 11) is 0. The van der Waals surface area contributed by atoms with Gasteiger partial charge in [-0.1, -0.05) is 6.07 Å². The fourth-order valence-corrected chi connectivity index (χ4v) is 2.07. The van der Waals surface area contributed by atoms with Crippen molar-refractivity contribution >= 4 is 16.6 Å². The molecule has 2 N–H and O–H groups in total. The van der Waals surface area contributed by atoms with Gasteiger partial charge in [0.25, 0.3) is 0 Å². The van der Waals surface area contributed by atoms with E-state index in [0.717, 1.165) is 40.0 Å². The van der Waals surface area contributed by atoms with E-state index in [-0.39, 0.29) is 0 Å². The van der Waals surface area contributed by atoms with E-state index < -0.39 is 0 Å². The van der Waals surface area contributed by atoms with Crippen molar-refractivity contribution < 1.29 is 0 Å². The molecule has 0 bridgehead atoms. The lowest BCUT2D eigenvalue weighted by Crippen LogP contribution is -1.97. The quantitative estimate of drug-likeness (QED) is 0.805. The van der Waals surface area contributed by atoms with Crippen LogP contribution in [0.1, 0.15) is 23.7 Å². The number of anilines is 1. The van der Waals surface area contributed by atoms with Crippen LogP contribution in [0.5, 0.6) is 0 Å². The number of hydrogen-bond acceptors (Lipinski definition) is 2. The number of benzene rings is 1. The van der Waals surface area contributed by atoms with Gasteiger partial charge in [0.2, 0.25) is 0 Å². The smallest absolute Gasteiger partial charge is 0.102 e. The summed E-state index contributed by atoms with van der Waals surface area (Å²) >= 11 is 0. The molecule has 0 aliphatic heterocycles. The van der Waals surface area contributed by atoms with Gasteiger partial charge in [0.1, 0.15) is 6.07 Å². The second-order valence-corrected chi connectivity index (χ2v) is 3.95. The first-order valence-electron chi connectivity index (χ1n) is 5.44. The van der Waals surface area contributed by atoms with Crippen molar-refractivity contribution in [2.45, 2.75) is 20.8 Å². The van der Waals surface area contributed by atoms with Crippen LogP contribution in [0.4, 0.5) is 5.69 Å². The van der Waals surface area contributed by atoms with E-state index in [2.05, 4.69) is 35.4 Å². The summed E-state index contributed by atoms with van der Waals surface area (Å²) in [6.45, 7) is 6.91. The number of nitriles is 1. The number of nitrogens with one attached hydrogen (secondary N) is 2. The van der Waals surface area contributed by atoms with Crippen molar-refractivity contribution in [3.05, 3.63) is 29.0 Å². The summed E-state index contributed by atoms with van der Waals surface area (Å²) in [6.07, 6.45) is 0. The number of hydrogen-bond donors (Lipinski definition) is 2. The number of rotatable bonds is 2. The molecule has 3 heteroatoms. The molecular weight excluding hydrogens is 198 g/mol. The Hall–Kier alpha value is -1.95. The Balaban J connectivity index is 2.82. The molecule has 82 valence electrons. The van der Waals surface area contributed by atoms with Gasteiger partial charge in [0.05, 0.1) is 16.8 Å². The van der Waals surface area contributed by atoms with Gasteiger partial charge in [-0.05, 0) is 32.4 Å². The number of nitrogens with zero attached hydrogens (tertiary/aromatic N) is 1. The van der Waals surface area contributed by atoms with E-state index in [0.29, 0.717) is 0 Å². The van der Waals surface area contributed by atoms with Crippen molar-refractivity contribution in [2.24, 2.45) is 0 Å². The highest BCUT2D eigenvalue weighted by atomic mass is 14.9. The monoisotopic (exact) mass is 213 g/mol. The molecular formula is C13H15N3. The average molecular weight is 213 g/mol. The third kappa shape index (κ3) is 1.43. The van der Waals surface area contributed by atoms with Gasteiger partial charge in [-0.3, -0.25) is 0 Å². The normalized spacial score (nSPS) is 10.4. The summed E-state index contributed by atoms with van der Waals surface area (Å²) in [5.74, 6) is 0. The predicted molar refractivity (Wildman–Crippen MR) is 66.7 cm³/mol. The second-order valence-electron chi connectivity index (χ2n) is 3.95. The molecule has 0 spiro atoms. The average Bonchev–Trinajstić information content (AvgIpc) is 2.60. The predicted octanol–water partition coefficient (Wildman–Crippen LogP) is 3.09. The van der Waals surface area contributed by atoms with E-state index in [9.17, 15) is 0 Å². The zero-order chi connectivity index (χ0) is 11.7. The van der Waals surface area contributed by atoms with Crippen LogP contribution < -0.4 is 5.32 Å². The van der Waals surface area contributed by atoms with E-state index in [1.165, 1.54) is 0 Å². The van der Waals surface area contributed by atoms with Crippen LogP contribution in [0, 0.1) is 25.2 Å². The van der Waals surface area contributed by atoms with Crippen LogP contribution in [-0.2, 0) is 0 Å². The Morgan fingerprint density at radius 2 is 2.12 bits per heavy atom. The molecule has 0 amide bonds. The number of aryl methyl sites for hydroxylation is 2. The Morgan fingerprint density at radius 1 is 1.38 bits per heavy atom. The minimum atomic E-state index is 0.757. The van der Waals surface area contributed by atoms with Gasteiger partial charge in [0.15, 0.2) is 0 Å². The zero-order valence-electron chi connectivity index (χ0n) is 9.81.